The number of fused-ring (bicyclic) bond motifs is 1. The lowest BCUT2D eigenvalue weighted by Gasteiger charge is -2.29. The summed E-state index contributed by atoms with van der Waals surface area (Å²) in [6.07, 6.45) is 0. The van der Waals surface area contributed by atoms with Crippen LogP contribution in [0.15, 0.2) is 18.2 Å². The number of methoxy groups -OCH3 is 1. The number of aromatic nitrogens is 2. The molecule has 18 heavy (non-hydrogen) atoms. The van der Waals surface area contributed by atoms with E-state index in [0.717, 1.165) is 42.2 Å². The van der Waals surface area contributed by atoms with Gasteiger partial charge in [-0.05, 0) is 19.2 Å². The van der Waals surface area contributed by atoms with E-state index in [0.29, 0.717) is 0 Å². The molecule has 2 heterocycles. The number of aromatic amines is 1. The summed E-state index contributed by atoms with van der Waals surface area (Å²) in [4.78, 5) is 10.3. The molecular formula is C13H18N4O. The molecule has 1 atom stereocenters. The average Bonchev–Trinajstić information content (AvgIpc) is 2.81. The van der Waals surface area contributed by atoms with E-state index in [2.05, 4.69) is 27.2 Å². The first kappa shape index (κ1) is 11.5. The quantitative estimate of drug-likeness (QED) is 0.834. The highest BCUT2D eigenvalue weighted by atomic mass is 16.5. The highest BCUT2D eigenvalue weighted by molar-refractivity contribution is 5.76. The molecule has 0 saturated carbocycles. The summed E-state index contributed by atoms with van der Waals surface area (Å²) in [5, 5.41) is 3.49. The van der Waals surface area contributed by atoms with Gasteiger partial charge in [-0.1, -0.05) is 0 Å². The van der Waals surface area contributed by atoms with Gasteiger partial charge in [0.1, 0.15) is 11.6 Å². The second-order valence-electron chi connectivity index (χ2n) is 4.77. The molecule has 1 saturated heterocycles. The zero-order chi connectivity index (χ0) is 12.5. The summed E-state index contributed by atoms with van der Waals surface area (Å²) < 4.78 is 5.22. The second-order valence-corrected chi connectivity index (χ2v) is 4.77. The molecular weight excluding hydrogens is 228 g/mol. The highest BCUT2D eigenvalue weighted by Gasteiger charge is 2.21. The molecule has 0 bridgehead atoms. The fraction of sp³-hybridized carbons (Fsp3) is 0.462. The average molecular weight is 246 g/mol. The van der Waals surface area contributed by atoms with E-state index in [1.54, 1.807) is 7.11 Å². The van der Waals surface area contributed by atoms with E-state index >= 15 is 0 Å². The Bertz CT molecular complexity index is 551. The van der Waals surface area contributed by atoms with E-state index in [1.807, 2.05) is 18.2 Å². The van der Waals surface area contributed by atoms with Crippen molar-refractivity contribution in [3.63, 3.8) is 0 Å². The van der Waals surface area contributed by atoms with E-state index in [1.165, 1.54) is 0 Å². The van der Waals surface area contributed by atoms with Gasteiger partial charge in [-0.25, -0.2) is 4.98 Å². The number of hydrogen-bond donors (Lipinski definition) is 2. The van der Waals surface area contributed by atoms with Crippen molar-refractivity contribution in [1.29, 1.82) is 0 Å². The number of benzene rings is 1. The normalized spacial score (nSPS) is 21.3. The van der Waals surface area contributed by atoms with Crippen molar-refractivity contribution in [3.05, 3.63) is 24.0 Å². The summed E-state index contributed by atoms with van der Waals surface area (Å²) in [6, 6.07) is 6.19. The van der Waals surface area contributed by atoms with Crippen LogP contribution in [-0.4, -0.2) is 48.7 Å². The van der Waals surface area contributed by atoms with Crippen LogP contribution in [0.5, 0.6) is 5.75 Å². The maximum absolute atomic E-state index is 5.22. The summed E-state index contributed by atoms with van der Waals surface area (Å²) in [5.41, 5.74) is 2.01. The van der Waals surface area contributed by atoms with Crippen LogP contribution < -0.4 is 10.1 Å². The largest absolute Gasteiger partial charge is 0.497 e. The minimum atomic E-state index is 0.280. The van der Waals surface area contributed by atoms with Crippen LogP contribution in [0.25, 0.3) is 11.0 Å². The zero-order valence-electron chi connectivity index (χ0n) is 10.7. The molecule has 1 unspecified atom stereocenters. The van der Waals surface area contributed by atoms with Crippen LogP contribution in [0.1, 0.15) is 11.9 Å². The molecule has 96 valence electrons. The molecule has 1 aromatic heterocycles. The third-order valence-electron chi connectivity index (χ3n) is 3.42. The van der Waals surface area contributed by atoms with Gasteiger partial charge in [-0.3, -0.25) is 0 Å². The van der Waals surface area contributed by atoms with Gasteiger partial charge in [-0.2, -0.15) is 0 Å². The number of hydrogen-bond acceptors (Lipinski definition) is 4. The van der Waals surface area contributed by atoms with Gasteiger partial charge in [-0.15, -0.1) is 0 Å². The number of rotatable bonds is 2. The number of ether oxygens (including phenoxy) is 1. The number of nitrogens with zero attached hydrogens (tertiary/aromatic N) is 2. The van der Waals surface area contributed by atoms with Crippen molar-refractivity contribution in [2.75, 3.05) is 33.8 Å². The molecule has 2 aromatic rings. The number of likely N-dealkylation sites (N-methyl/N-ethyl adjacent to an activating group) is 1. The first-order chi connectivity index (χ1) is 8.76. The first-order valence-electron chi connectivity index (χ1n) is 6.22. The molecule has 5 heteroatoms. The van der Waals surface area contributed by atoms with Crippen LogP contribution in [0.4, 0.5) is 0 Å². The van der Waals surface area contributed by atoms with E-state index in [-0.39, 0.29) is 6.04 Å². The van der Waals surface area contributed by atoms with Crippen LogP contribution in [-0.2, 0) is 0 Å². The first-order valence-corrected chi connectivity index (χ1v) is 6.22. The molecule has 0 spiro atoms. The molecule has 1 fully saturated rings. The molecule has 0 radical (unpaired) electrons. The Morgan fingerprint density at radius 2 is 2.33 bits per heavy atom. The molecule has 1 aliphatic rings. The van der Waals surface area contributed by atoms with Gasteiger partial charge in [0.25, 0.3) is 0 Å². The summed E-state index contributed by atoms with van der Waals surface area (Å²) in [5.74, 6) is 1.86. The fourth-order valence-corrected chi connectivity index (χ4v) is 2.38. The number of piperazine rings is 1. The lowest BCUT2D eigenvalue weighted by atomic mass is 10.2. The van der Waals surface area contributed by atoms with E-state index in [4.69, 9.17) is 4.74 Å². The Balaban J connectivity index is 1.92. The van der Waals surface area contributed by atoms with Crippen molar-refractivity contribution in [2.45, 2.75) is 6.04 Å². The summed E-state index contributed by atoms with van der Waals surface area (Å²) in [6.45, 7) is 3.07. The topological polar surface area (TPSA) is 53.2 Å². The number of H-pyrrole nitrogens is 1. The summed E-state index contributed by atoms with van der Waals surface area (Å²) >= 11 is 0. The Hall–Kier alpha value is -1.59. The highest BCUT2D eigenvalue weighted by Crippen LogP contribution is 2.22. The van der Waals surface area contributed by atoms with Gasteiger partial charge >= 0.3 is 0 Å². The number of nitrogens with one attached hydrogen (secondary N) is 2. The molecule has 5 nitrogen and oxygen atoms in total. The predicted octanol–water partition coefficient (Wildman–Crippen LogP) is 1.15. The Morgan fingerprint density at radius 1 is 1.44 bits per heavy atom. The van der Waals surface area contributed by atoms with E-state index in [9.17, 15) is 0 Å². The minimum absolute atomic E-state index is 0.280. The molecule has 1 aliphatic heterocycles. The third kappa shape index (κ3) is 2.07. The van der Waals surface area contributed by atoms with Crippen LogP contribution >= 0.6 is 0 Å². The fourth-order valence-electron chi connectivity index (χ4n) is 2.38. The van der Waals surface area contributed by atoms with Crippen molar-refractivity contribution in [2.24, 2.45) is 0 Å². The van der Waals surface area contributed by atoms with Crippen molar-refractivity contribution < 1.29 is 4.74 Å². The molecule has 3 rings (SSSR count). The van der Waals surface area contributed by atoms with Crippen molar-refractivity contribution >= 4 is 11.0 Å². The van der Waals surface area contributed by atoms with Gasteiger partial charge in [0.2, 0.25) is 0 Å². The van der Waals surface area contributed by atoms with Crippen LogP contribution in [0.2, 0.25) is 0 Å². The zero-order valence-corrected chi connectivity index (χ0v) is 10.7. The number of imidazole rings is 1. The summed E-state index contributed by atoms with van der Waals surface area (Å²) in [7, 11) is 3.82. The van der Waals surface area contributed by atoms with Crippen molar-refractivity contribution in [3.8, 4) is 5.75 Å². The monoisotopic (exact) mass is 246 g/mol. The Labute approximate surface area is 106 Å². The predicted molar refractivity (Wildman–Crippen MR) is 70.9 cm³/mol. The second kappa shape index (κ2) is 4.59. The van der Waals surface area contributed by atoms with Crippen LogP contribution in [0.3, 0.4) is 0 Å². The van der Waals surface area contributed by atoms with Gasteiger partial charge in [0, 0.05) is 25.7 Å². The lowest BCUT2D eigenvalue weighted by Crippen LogP contribution is -2.44. The SMILES string of the molecule is COc1ccc2nc(C3CN(C)CCN3)[nH]c2c1. The maximum Gasteiger partial charge on any atom is 0.125 e. The molecule has 0 amide bonds. The lowest BCUT2D eigenvalue weighted by molar-refractivity contribution is 0.236. The molecule has 2 N–H and O–H groups in total. The minimum Gasteiger partial charge on any atom is -0.497 e. The third-order valence-corrected chi connectivity index (χ3v) is 3.42. The smallest absolute Gasteiger partial charge is 0.125 e. The van der Waals surface area contributed by atoms with Crippen LogP contribution in [0, 0.1) is 0 Å². The van der Waals surface area contributed by atoms with Gasteiger partial charge in [0.05, 0.1) is 24.2 Å². The van der Waals surface area contributed by atoms with Crippen molar-refractivity contribution in [1.82, 2.24) is 20.2 Å². The molecule has 1 aromatic carbocycles. The van der Waals surface area contributed by atoms with Gasteiger partial charge < -0.3 is 19.9 Å². The standard InChI is InChI=1S/C13H18N4O/c1-17-6-5-14-12(8-17)13-15-10-4-3-9(18-2)7-11(10)16-13/h3-4,7,12,14H,5-6,8H2,1-2H3,(H,15,16). The van der Waals surface area contributed by atoms with Gasteiger partial charge in [0.15, 0.2) is 0 Å². The Kier molecular flexibility index (Phi) is 2.93. The Morgan fingerprint density at radius 3 is 3.11 bits per heavy atom. The molecule has 0 aliphatic carbocycles. The van der Waals surface area contributed by atoms with E-state index < -0.39 is 0 Å². The maximum atomic E-state index is 5.22.